The third-order valence-corrected chi connectivity index (χ3v) is 9.21. The molecule has 0 unspecified atom stereocenters. The van der Waals surface area contributed by atoms with Gasteiger partial charge >= 0.3 is 0 Å². The van der Waals surface area contributed by atoms with E-state index < -0.39 is 10.0 Å². The Labute approximate surface area is 191 Å². The number of fused-ring (bicyclic) bond motifs is 1. The van der Waals surface area contributed by atoms with Gasteiger partial charge in [0.15, 0.2) is 0 Å². The molecule has 1 aromatic rings. The van der Waals surface area contributed by atoms with Gasteiger partial charge in [-0.3, -0.25) is 9.59 Å². The van der Waals surface area contributed by atoms with Gasteiger partial charge < -0.3 is 10.2 Å². The highest BCUT2D eigenvalue weighted by Gasteiger charge is 2.37. The molecule has 3 aliphatic rings. The number of nitrogens with one attached hydrogen (secondary N) is 1. The van der Waals surface area contributed by atoms with E-state index in [-0.39, 0.29) is 41.3 Å². The van der Waals surface area contributed by atoms with Gasteiger partial charge in [-0.2, -0.15) is 4.31 Å². The average Bonchev–Trinajstić information content (AvgIpc) is 3.03. The summed E-state index contributed by atoms with van der Waals surface area (Å²) in [5.74, 6) is 0.684. The maximum atomic E-state index is 13.1. The van der Waals surface area contributed by atoms with Crippen LogP contribution in [0.4, 0.5) is 5.69 Å². The molecule has 2 aliphatic carbocycles. The minimum atomic E-state index is -3.80. The van der Waals surface area contributed by atoms with Crippen molar-refractivity contribution in [2.45, 2.75) is 82.2 Å². The molecule has 1 atom stereocenters. The third-order valence-electron chi connectivity index (χ3n) is 7.41. The van der Waals surface area contributed by atoms with Crippen molar-refractivity contribution in [3.8, 4) is 0 Å². The van der Waals surface area contributed by atoms with Gasteiger partial charge in [0.25, 0.3) is 0 Å². The van der Waals surface area contributed by atoms with Crippen LogP contribution in [0.5, 0.6) is 0 Å². The maximum Gasteiger partial charge on any atom is 0.243 e. The number of rotatable bonds is 6. The molecule has 0 bridgehead atoms. The van der Waals surface area contributed by atoms with Crippen LogP contribution >= 0.6 is 0 Å². The molecule has 2 fully saturated rings. The molecular formula is C24H35N3O4S. The Kier molecular flexibility index (Phi) is 6.63. The summed E-state index contributed by atoms with van der Waals surface area (Å²) in [6.07, 6.45) is 7.70. The lowest BCUT2D eigenvalue weighted by Crippen LogP contribution is -2.43. The first-order chi connectivity index (χ1) is 15.2. The fourth-order valence-corrected chi connectivity index (χ4v) is 6.28. The number of carbonyl (C=O) groups excluding carboxylic acids is 2. The van der Waals surface area contributed by atoms with Crippen molar-refractivity contribution in [3.63, 3.8) is 0 Å². The first-order valence-electron chi connectivity index (χ1n) is 11.9. The summed E-state index contributed by atoms with van der Waals surface area (Å²) >= 11 is 0. The fraction of sp³-hybridized carbons (Fsp3) is 0.667. The van der Waals surface area contributed by atoms with Crippen LogP contribution in [0.25, 0.3) is 0 Å². The summed E-state index contributed by atoms with van der Waals surface area (Å²) in [6, 6.07) is 5.14. The van der Waals surface area contributed by atoms with Gasteiger partial charge in [0, 0.05) is 30.7 Å². The summed E-state index contributed by atoms with van der Waals surface area (Å²) in [5, 5.41) is 2.99. The van der Waals surface area contributed by atoms with Gasteiger partial charge in [0.2, 0.25) is 21.8 Å². The maximum absolute atomic E-state index is 13.1. The lowest BCUT2D eigenvalue weighted by atomic mass is 9.84. The van der Waals surface area contributed by atoms with Crippen LogP contribution in [-0.2, 0) is 26.0 Å². The summed E-state index contributed by atoms with van der Waals surface area (Å²) in [5.41, 5.74) is 1.70. The lowest BCUT2D eigenvalue weighted by Gasteiger charge is -2.32. The van der Waals surface area contributed by atoms with Gasteiger partial charge in [0.05, 0.1) is 11.4 Å². The van der Waals surface area contributed by atoms with Crippen molar-refractivity contribution in [1.29, 1.82) is 0 Å². The Morgan fingerprint density at radius 2 is 1.78 bits per heavy atom. The molecule has 2 amide bonds. The minimum absolute atomic E-state index is 0.0257. The summed E-state index contributed by atoms with van der Waals surface area (Å²) in [6.45, 7) is 4.03. The van der Waals surface area contributed by atoms with Crippen LogP contribution < -0.4 is 10.2 Å². The molecule has 0 radical (unpaired) electrons. The molecule has 0 spiro atoms. The number of likely N-dealkylation sites (N-methyl/N-ethyl adjacent to an activating group) is 1. The van der Waals surface area contributed by atoms with Gasteiger partial charge in [0.1, 0.15) is 0 Å². The monoisotopic (exact) mass is 461 g/mol. The normalized spacial score (nSPS) is 26.0. The highest BCUT2D eigenvalue weighted by atomic mass is 32.2. The number of hydrogen-bond donors (Lipinski definition) is 1. The molecular weight excluding hydrogens is 426 g/mol. The highest BCUT2D eigenvalue weighted by Crippen LogP contribution is 2.38. The number of sulfonamides is 1. The largest absolute Gasteiger partial charge is 0.352 e. The Morgan fingerprint density at radius 3 is 2.41 bits per heavy atom. The van der Waals surface area contributed by atoms with Gasteiger partial charge in [-0.25, -0.2) is 8.42 Å². The van der Waals surface area contributed by atoms with Crippen molar-refractivity contribution in [2.24, 2.45) is 11.8 Å². The zero-order chi connectivity index (χ0) is 23.0. The van der Waals surface area contributed by atoms with Gasteiger partial charge in [-0.15, -0.1) is 0 Å². The second kappa shape index (κ2) is 9.14. The molecule has 0 aromatic heterocycles. The number of carbonyl (C=O) groups is 2. The Balaban J connectivity index is 1.43. The molecule has 1 aliphatic heterocycles. The van der Waals surface area contributed by atoms with E-state index in [1.165, 1.54) is 7.05 Å². The predicted molar refractivity (Wildman–Crippen MR) is 124 cm³/mol. The van der Waals surface area contributed by atoms with E-state index in [9.17, 15) is 18.0 Å². The van der Waals surface area contributed by atoms with Crippen molar-refractivity contribution >= 4 is 27.5 Å². The number of anilines is 1. The van der Waals surface area contributed by atoms with E-state index in [1.54, 1.807) is 18.2 Å². The van der Waals surface area contributed by atoms with Crippen LogP contribution in [0.2, 0.25) is 0 Å². The van der Waals surface area contributed by atoms with E-state index in [4.69, 9.17) is 0 Å². The Bertz CT molecular complexity index is 981. The first-order valence-corrected chi connectivity index (χ1v) is 13.3. The van der Waals surface area contributed by atoms with Crippen LogP contribution in [0.15, 0.2) is 23.1 Å². The summed E-state index contributed by atoms with van der Waals surface area (Å²) < 4.78 is 27.4. The standard InChI is InChI=1S/C24H35N3O4S/c1-16-7-9-20(10-8-16)25-23(28)15-26(3)32(30,31)21-11-12-22-19(14-21)13-17(2)27(22)24(29)18-5-4-6-18/h11-12,14,16-18,20H,4-10,13,15H2,1-3H3,(H,25,28)/t16?,17-,20?/m1/s1. The molecule has 32 heavy (non-hydrogen) atoms. The molecule has 1 heterocycles. The quantitative estimate of drug-likeness (QED) is 0.705. The van der Waals surface area contributed by atoms with E-state index in [0.29, 0.717) is 12.3 Å². The van der Waals surface area contributed by atoms with E-state index in [2.05, 4.69) is 12.2 Å². The van der Waals surface area contributed by atoms with Crippen LogP contribution in [0.1, 0.15) is 64.4 Å². The van der Waals surface area contributed by atoms with Crippen molar-refractivity contribution in [1.82, 2.24) is 9.62 Å². The molecule has 2 saturated carbocycles. The molecule has 8 heteroatoms. The topological polar surface area (TPSA) is 86.8 Å². The van der Waals surface area contributed by atoms with Crippen molar-refractivity contribution in [3.05, 3.63) is 23.8 Å². The summed E-state index contributed by atoms with van der Waals surface area (Å²) in [7, 11) is -2.36. The van der Waals surface area contributed by atoms with Gasteiger partial charge in [-0.05, 0) is 81.5 Å². The number of benzene rings is 1. The lowest BCUT2D eigenvalue weighted by molar-refractivity contribution is -0.125. The van der Waals surface area contributed by atoms with E-state index in [0.717, 1.165) is 60.5 Å². The van der Waals surface area contributed by atoms with Crippen molar-refractivity contribution in [2.75, 3.05) is 18.5 Å². The SMILES string of the molecule is CC1CCC(NC(=O)CN(C)S(=O)(=O)c2ccc3c(c2)C[C@@H](C)N3C(=O)C2CCC2)CC1. The van der Waals surface area contributed by atoms with Gasteiger partial charge in [-0.1, -0.05) is 13.3 Å². The molecule has 176 valence electrons. The minimum Gasteiger partial charge on any atom is -0.352 e. The highest BCUT2D eigenvalue weighted by molar-refractivity contribution is 7.89. The Morgan fingerprint density at radius 1 is 1.09 bits per heavy atom. The average molecular weight is 462 g/mol. The zero-order valence-corrected chi connectivity index (χ0v) is 20.2. The zero-order valence-electron chi connectivity index (χ0n) is 19.3. The number of hydrogen-bond acceptors (Lipinski definition) is 4. The molecule has 7 nitrogen and oxygen atoms in total. The van der Waals surface area contributed by atoms with Crippen LogP contribution in [0.3, 0.4) is 0 Å². The Hall–Kier alpha value is -1.93. The summed E-state index contributed by atoms with van der Waals surface area (Å²) in [4.78, 5) is 27.3. The predicted octanol–water partition coefficient (Wildman–Crippen LogP) is 3.08. The molecule has 1 N–H and O–H groups in total. The second-order valence-electron chi connectivity index (χ2n) is 9.97. The molecule has 1 aromatic carbocycles. The number of nitrogens with zero attached hydrogens (tertiary/aromatic N) is 2. The fourth-order valence-electron chi connectivity index (χ4n) is 5.10. The van der Waals surface area contributed by atoms with Crippen LogP contribution in [0, 0.1) is 11.8 Å². The molecule has 4 rings (SSSR count). The first kappa shape index (κ1) is 23.2. The van der Waals surface area contributed by atoms with E-state index >= 15 is 0 Å². The van der Waals surface area contributed by atoms with Crippen LogP contribution in [-0.4, -0.2) is 50.2 Å². The molecule has 0 saturated heterocycles. The van der Waals surface area contributed by atoms with E-state index in [1.807, 2.05) is 11.8 Å². The smallest absolute Gasteiger partial charge is 0.243 e. The second-order valence-corrected chi connectivity index (χ2v) is 12.0. The van der Waals surface area contributed by atoms with Crippen molar-refractivity contribution < 1.29 is 18.0 Å². The third kappa shape index (κ3) is 4.57. The number of amides is 2.